The lowest BCUT2D eigenvalue weighted by atomic mass is 10.1. The van der Waals surface area contributed by atoms with Crippen molar-refractivity contribution in [3.63, 3.8) is 0 Å². The molecule has 0 radical (unpaired) electrons. The van der Waals surface area contributed by atoms with Gasteiger partial charge < -0.3 is 26.6 Å². The topological polar surface area (TPSA) is 146 Å². The minimum atomic E-state index is -0.915. The second-order valence-corrected chi connectivity index (χ2v) is 7.02. The van der Waals surface area contributed by atoms with Crippen LogP contribution in [-0.2, 0) is 24.0 Å². The predicted octanol–water partition coefficient (Wildman–Crippen LogP) is 0.255. The van der Waals surface area contributed by atoms with E-state index in [1.807, 2.05) is 0 Å². The van der Waals surface area contributed by atoms with Gasteiger partial charge in [0.1, 0.15) is 18.1 Å². The molecule has 0 aromatic heterocycles. The van der Waals surface area contributed by atoms with Gasteiger partial charge in [-0.15, -0.1) is 0 Å². The molecule has 0 aromatic carbocycles. The first-order valence-corrected chi connectivity index (χ1v) is 9.87. The lowest BCUT2D eigenvalue weighted by molar-refractivity contribution is -0.134. The van der Waals surface area contributed by atoms with Gasteiger partial charge in [-0.3, -0.25) is 24.0 Å². The van der Waals surface area contributed by atoms with Crippen LogP contribution in [0, 0.1) is 0 Å². The molecule has 4 amide bonds. The van der Waals surface area contributed by atoms with Gasteiger partial charge in [-0.05, 0) is 47.6 Å². The third-order valence-corrected chi connectivity index (χ3v) is 4.63. The van der Waals surface area contributed by atoms with Crippen LogP contribution in [0.3, 0.4) is 0 Å². The molecule has 0 aliphatic rings. The number of carbonyl (C=O) groups excluding carboxylic acids is 5. The molecular weight excluding hydrogens is 402 g/mol. The van der Waals surface area contributed by atoms with E-state index in [1.165, 1.54) is 13.8 Å². The van der Waals surface area contributed by atoms with E-state index in [0.717, 1.165) is 0 Å². The van der Waals surface area contributed by atoms with Crippen molar-refractivity contribution < 1.29 is 24.0 Å². The lowest BCUT2D eigenvalue weighted by Crippen LogP contribution is -2.57. The molecule has 0 spiro atoms. The van der Waals surface area contributed by atoms with Crippen LogP contribution in [-0.4, -0.2) is 66.7 Å². The fourth-order valence-corrected chi connectivity index (χ4v) is 2.23. The van der Waals surface area contributed by atoms with Crippen molar-refractivity contribution in [2.45, 2.75) is 99.4 Å². The SMILES string of the molecule is C.C.CCC(NC(=O)C(C)NC(=O)C(CC)NC(=O)C(C)NC)C(=O)NC(C)C(C)=O. The van der Waals surface area contributed by atoms with Crippen LogP contribution in [0.5, 0.6) is 0 Å². The molecule has 31 heavy (non-hydrogen) atoms. The van der Waals surface area contributed by atoms with Crippen molar-refractivity contribution in [2.24, 2.45) is 0 Å². The van der Waals surface area contributed by atoms with E-state index in [1.54, 1.807) is 34.7 Å². The molecule has 5 atom stereocenters. The highest BCUT2D eigenvalue weighted by molar-refractivity contribution is 5.95. The lowest BCUT2D eigenvalue weighted by Gasteiger charge is -2.23. The quantitative estimate of drug-likeness (QED) is 0.291. The summed E-state index contributed by atoms with van der Waals surface area (Å²) in [4.78, 5) is 60.3. The third kappa shape index (κ3) is 11.5. The Labute approximate surface area is 187 Å². The maximum atomic E-state index is 12.4. The first-order valence-electron chi connectivity index (χ1n) is 9.87. The number of carbonyl (C=O) groups is 5. The van der Waals surface area contributed by atoms with Gasteiger partial charge in [-0.1, -0.05) is 28.7 Å². The zero-order chi connectivity index (χ0) is 22.7. The van der Waals surface area contributed by atoms with Gasteiger partial charge in [-0.2, -0.15) is 0 Å². The van der Waals surface area contributed by atoms with Gasteiger partial charge in [-0.25, -0.2) is 0 Å². The van der Waals surface area contributed by atoms with E-state index in [0.29, 0.717) is 12.8 Å². The number of hydrogen-bond acceptors (Lipinski definition) is 6. The summed E-state index contributed by atoms with van der Waals surface area (Å²) in [7, 11) is 1.63. The normalized spacial score (nSPS) is 14.8. The zero-order valence-corrected chi connectivity index (χ0v) is 18.3. The second kappa shape index (κ2) is 16.2. The Bertz CT molecular complexity index is 611. The molecule has 0 saturated heterocycles. The van der Waals surface area contributed by atoms with Crippen molar-refractivity contribution in [1.29, 1.82) is 0 Å². The largest absolute Gasteiger partial charge is 0.345 e. The highest BCUT2D eigenvalue weighted by atomic mass is 16.2. The highest BCUT2D eigenvalue weighted by Gasteiger charge is 2.27. The Morgan fingerprint density at radius 1 is 0.613 bits per heavy atom. The maximum absolute atomic E-state index is 12.4. The molecule has 0 bridgehead atoms. The first-order chi connectivity index (χ1) is 13.5. The minimum Gasteiger partial charge on any atom is -0.345 e. The molecule has 5 N–H and O–H groups in total. The van der Waals surface area contributed by atoms with Crippen molar-refractivity contribution in [3.8, 4) is 0 Å². The predicted molar refractivity (Wildman–Crippen MR) is 122 cm³/mol. The molecule has 0 saturated carbocycles. The Morgan fingerprint density at radius 2 is 0.968 bits per heavy atom. The van der Waals surface area contributed by atoms with Crippen LogP contribution in [0.1, 0.15) is 69.2 Å². The molecule has 10 heteroatoms. The van der Waals surface area contributed by atoms with E-state index in [2.05, 4.69) is 26.6 Å². The smallest absolute Gasteiger partial charge is 0.243 e. The standard InChI is InChI=1S/C19H35N5O5.2CH4/c1-8-14(18(28)21-10(3)13(6)25)24-17(27)12(5)22-19(29)15(9-2)23-16(26)11(4)20-7;;/h10-12,14-15,20H,8-9H2,1-7H3,(H,21,28)(H,22,29)(H,23,26)(H,24,27);2*1H4. The summed E-state index contributed by atoms with van der Waals surface area (Å²) in [6, 6.07) is -3.64. The maximum Gasteiger partial charge on any atom is 0.243 e. The average molecular weight is 446 g/mol. The van der Waals surface area contributed by atoms with Crippen LogP contribution >= 0.6 is 0 Å². The Hall–Kier alpha value is -2.49. The number of amides is 4. The highest BCUT2D eigenvalue weighted by Crippen LogP contribution is 1.98. The minimum absolute atomic E-state index is 0. The van der Waals surface area contributed by atoms with Gasteiger partial charge in [0.2, 0.25) is 23.6 Å². The molecule has 0 rings (SSSR count). The summed E-state index contributed by atoms with van der Waals surface area (Å²) in [5.41, 5.74) is 0. The van der Waals surface area contributed by atoms with E-state index < -0.39 is 47.9 Å². The van der Waals surface area contributed by atoms with Crippen molar-refractivity contribution in [2.75, 3.05) is 7.05 Å². The van der Waals surface area contributed by atoms with E-state index in [9.17, 15) is 24.0 Å². The molecule has 0 heterocycles. The zero-order valence-electron chi connectivity index (χ0n) is 18.3. The van der Waals surface area contributed by atoms with Gasteiger partial charge in [0.15, 0.2) is 5.78 Å². The van der Waals surface area contributed by atoms with Crippen LogP contribution in [0.15, 0.2) is 0 Å². The number of nitrogens with one attached hydrogen (secondary N) is 5. The average Bonchev–Trinajstić information content (AvgIpc) is 2.68. The van der Waals surface area contributed by atoms with Gasteiger partial charge in [0.25, 0.3) is 0 Å². The fraction of sp³-hybridized carbons (Fsp3) is 0.762. The summed E-state index contributed by atoms with van der Waals surface area (Å²) < 4.78 is 0. The number of ketones is 1. The monoisotopic (exact) mass is 445 g/mol. The van der Waals surface area contributed by atoms with Crippen LogP contribution in [0.2, 0.25) is 0 Å². The van der Waals surface area contributed by atoms with Crippen molar-refractivity contribution >= 4 is 29.4 Å². The Kier molecular flexibility index (Phi) is 17.4. The summed E-state index contributed by atoms with van der Waals surface area (Å²) in [5.74, 6) is -2.02. The summed E-state index contributed by atoms with van der Waals surface area (Å²) in [5, 5.41) is 13.1. The van der Waals surface area contributed by atoms with Gasteiger partial charge in [0, 0.05) is 0 Å². The van der Waals surface area contributed by atoms with Crippen LogP contribution in [0.4, 0.5) is 0 Å². The molecule has 0 aliphatic heterocycles. The molecule has 0 aromatic rings. The number of hydrogen-bond donors (Lipinski definition) is 5. The molecule has 0 fully saturated rings. The Morgan fingerprint density at radius 3 is 1.29 bits per heavy atom. The molecular formula is C21H43N5O5. The van der Waals surface area contributed by atoms with E-state index >= 15 is 0 Å². The molecule has 5 unspecified atom stereocenters. The second-order valence-electron chi connectivity index (χ2n) is 7.02. The van der Waals surface area contributed by atoms with Crippen molar-refractivity contribution in [1.82, 2.24) is 26.6 Å². The van der Waals surface area contributed by atoms with Crippen molar-refractivity contribution in [3.05, 3.63) is 0 Å². The Balaban J connectivity index is -0.00000392. The van der Waals surface area contributed by atoms with E-state index in [-0.39, 0.29) is 26.5 Å². The fourth-order valence-electron chi connectivity index (χ4n) is 2.23. The molecule has 10 nitrogen and oxygen atoms in total. The summed E-state index contributed by atoms with van der Waals surface area (Å²) in [6.07, 6.45) is 0.670. The summed E-state index contributed by atoms with van der Waals surface area (Å²) in [6.45, 7) is 9.54. The van der Waals surface area contributed by atoms with E-state index in [4.69, 9.17) is 0 Å². The summed E-state index contributed by atoms with van der Waals surface area (Å²) >= 11 is 0. The third-order valence-electron chi connectivity index (χ3n) is 4.63. The first kappa shape index (κ1) is 33.2. The van der Waals surface area contributed by atoms with Gasteiger partial charge >= 0.3 is 0 Å². The number of likely N-dealkylation sites (N-methyl/N-ethyl adjacent to an activating group) is 1. The van der Waals surface area contributed by atoms with Crippen LogP contribution < -0.4 is 26.6 Å². The number of Topliss-reactive ketones (excluding diaryl/α,β-unsaturated/α-hetero) is 1. The molecule has 0 aliphatic carbocycles. The van der Waals surface area contributed by atoms with Crippen LogP contribution in [0.25, 0.3) is 0 Å². The number of rotatable bonds is 12. The van der Waals surface area contributed by atoms with Gasteiger partial charge in [0.05, 0.1) is 12.1 Å². The molecule has 182 valence electrons.